The standard InChI is InChI=1S/C38H39Cl2F2N3O6/c1-6-51-36(49)24-14-21(24)18-45-30(17-37(2,3)4)38(19-43,25-12-11-22(39)16-27(25)41)31(23-8-7-9-26(40)32(23)42)33(45)34(46)44-28-13-10-20(35(47)48)15-29(28)50-5/h7-13,15-16,21,24,30-31,33H,6,14,17-18H2,1-5H3,(H,44,46)(H,47,48)/t21-,24+,30+,31+,33-,38+/m1/s1. The van der Waals surface area contributed by atoms with Gasteiger partial charge in [0.25, 0.3) is 0 Å². The summed E-state index contributed by atoms with van der Waals surface area (Å²) in [6.45, 7) is 7.85. The number of esters is 1. The number of carboxylic acids is 1. The molecule has 0 bridgehead atoms. The van der Waals surface area contributed by atoms with Crippen LogP contribution in [0, 0.1) is 40.2 Å². The molecule has 1 heterocycles. The first-order chi connectivity index (χ1) is 24.1. The summed E-state index contributed by atoms with van der Waals surface area (Å²) in [6, 6.07) is 12.3. The number of methoxy groups -OCH3 is 1. The molecule has 2 fully saturated rings. The highest BCUT2D eigenvalue weighted by Gasteiger charge is 2.66. The number of hydrogen-bond acceptors (Lipinski definition) is 7. The summed E-state index contributed by atoms with van der Waals surface area (Å²) in [5.41, 5.74) is -2.53. The second-order valence-electron chi connectivity index (χ2n) is 14.2. The molecular weight excluding hydrogens is 703 g/mol. The van der Waals surface area contributed by atoms with Gasteiger partial charge in [-0.2, -0.15) is 5.26 Å². The topological polar surface area (TPSA) is 129 Å². The second kappa shape index (κ2) is 14.8. The molecule has 5 rings (SSSR count). The van der Waals surface area contributed by atoms with Crippen molar-refractivity contribution in [2.75, 3.05) is 25.6 Å². The third kappa shape index (κ3) is 7.41. The number of halogens is 4. The van der Waals surface area contributed by atoms with Crippen molar-refractivity contribution in [3.8, 4) is 11.8 Å². The fraction of sp³-hybridized carbons (Fsp3) is 0.421. The fourth-order valence-corrected chi connectivity index (χ4v) is 7.79. The average molecular weight is 743 g/mol. The van der Waals surface area contributed by atoms with Gasteiger partial charge in [0.15, 0.2) is 0 Å². The summed E-state index contributed by atoms with van der Waals surface area (Å²) in [5, 5.41) is 23.6. The highest BCUT2D eigenvalue weighted by atomic mass is 35.5. The van der Waals surface area contributed by atoms with Crippen molar-refractivity contribution in [3.63, 3.8) is 0 Å². The summed E-state index contributed by atoms with van der Waals surface area (Å²) >= 11 is 12.5. The van der Waals surface area contributed by atoms with Gasteiger partial charge in [-0.3, -0.25) is 14.5 Å². The summed E-state index contributed by atoms with van der Waals surface area (Å²) in [4.78, 5) is 41.2. The van der Waals surface area contributed by atoms with E-state index in [0.29, 0.717) is 6.42 Å². The van der Waals surface area contributed by atoms with E-state index in [2.05, 4.69) is 11.4 Å². The van der Waals surface area contributed by atoms with E-state index in [-0.39, 0.29) is 69.6 Å². The molecule has 1 aliphatic heterocycles. The molecule has 0 aromatic heterocycles. The zero-order chi connectivity index (χ0) is 37.4. The molecule has 1 amide bonds. The van der Waals surface area contributed by atoms with Gasteiger partial charge in [0.2, 0.25) is 5.91 Å². The molecule has 9 nitrogen and oxygen atoms in total. The van der Waals surface area contributed by atoms with Gasteiger partial charge >= 0.3 is 11.9 Å². The molecule has 51 heavy (non-hydrogen) atoms. The Kier molecular flexibility index (Phi) is 11.0. The number of carbonyl (C=O) groups excluding carboxylic acids is 2. The molecule has 6 atom stereocenters. The number of rotatable bonds is 11. The number of anilines is 1. The maximum Gasteiger partial charge on any atom is 0.335 e. The Morgan fingerprint density at radius 1 is 1.12 bits per heavy atom. The molecule has 1 saturated heterocycles. The smallest absolute Gasteiger partial charge is 0.335 e. The Bertz CT molecular complexity index is 1900. The van der Waals surface area contributed by atoms with Gasteiger partial charge in [-0.25, -0.2) is 13.6 Å². The molecule has 3 aromatic carbocycles. The lowest BCUT2D eigenvalue weighted by molar-refractivity contribution is -0.145. The van der Waals surface area contributed by atoms with E-state index in [4.69, 9.17) is 32.7 Å². The van der Waals surface area contributed by atoms with E-state index in [0.717, 1.165) is 6.07 Å². The van der Waals surface area contributed by atoms with Gasteiger partial charge in [-0.15, -0.1) is 0 Å². The number of aromatic carboxylic acids is 1. The van der Waals surface area contributed by atoms with Crippen molar-refractivity contribution < 1.29 is 37.7 Å². The second-order valence-corrected chi connectivity index (χ2v) is 15.1. The molecule has 0 unspecified atom stereocenters. The van der Waals surface area contributed by atoms with E-state index in [1.807, 2.05) is 20.8 Å². The molecule has 13 heteroatoms. The van der Waals surface area contributed by atoms with Crippen molar-refractivity contribution in [2.24, 2.45) is 17.3 Å². The van der Waals surface area contributed by atoms with E-state index in [1.165, 1.54) is 55.6 Å². The minimum Gasteiger partial charge on any atom is -0.495 e. The van der Waals surface area contributed by atoms with Crippen LogP contribution in [0.1, 0.15) is 67.9 Å². The molecule has 3 aromatic rings. The Morgan fingerprint density at radius 3 is 2.45 bits per heavy atom. The quantitative estimate of drug-likeness (QED) is 0.190. The number of ether oxygens (including phenoxy) is 2. The van der Waals surface area contributed by atoms with Gasteiger partial charge in [-0.1, -0.05) is 62.2 Å². The average Bonchev–Trinajstić information content (AvgIpc) is 3.79. The molecule has 2 aliphatic rings. The fourth-order valence-electron chi connectivity index (χ4n) is 7.45. The highest BCUT2D eigenvalue weighted by molar-refractivity contribution is 6.31. The predicted octanol–water partition coefficient (Wildman–Crippen LogP) is 7.85. The lowest BCUT2D eigenvalue weighted by atomic mass is 9.62. The van der Waals surface area contributed by atoms with Gasteiger partial charge < -0.3 is 19.9 Å². The molecule has 2 N–H and O–H groups in total. The predicted molar refractivity (Wildman–Crippen MR) is 188 cm³/mol. The van der Waals surface area contributed by atoms with Gasteiger partial charge in [0, 0.05) is 29.1 Å². The summed E-state index contributed by atoms with van der Waals surface area (Å²) in [6.07, 6.45) is 0.708. The zero-order valence-corrected chi connectivity index (χ0v) is 30.3. The Hall–Kier alpha value is -4.24. The lowest BCUT2D eigenvalue weighted by Crippen LogP contribution is -2.48. The lowest BCUT2D eigenvalue weighted by Gasteiger charge is -2.39. The minimum atomic E-state index is -1.90. The van der Waals surface area contributed by atoms with Crippen molar-refractivity contribution in [3.05, 3.63) is 93.0 Å². The Balaban J connectivity index is 1.79. The van der Waals surface area contributed by atoms with Crippen LogP contribution < -0.4 is 10.1 Å². The maximum atomic E-state index is 16.4. The largest absolute Gasteiger partial charge is 0.495 e. The van der Waals surface area contributed by atoms with Crippen LogP contribution in [0.2, 0.25) is 10.0 Å². The van der Waals surface area contributed by atoms with Crippen molar-refractivity contribution in [1.29, 1.82) is 5.26 Å². The number of likely N-dealkylation sites (tertiary alicyclic amines) is 1. The summed E-state index contributed by atoms with van der Waals surface area (Å²) < 4.78 is 43.4. The van der Waals surface area contributed by atoms with E-state index in [1.54, 1.807) is 11.8 Å². The van der Waals surface area contributed by atoms with E-state index < -0.39 is 58.3 Å². The van der Waals surface area contributed by atoms with Crippen LogP contribution in [-0.2, 0) is 19.7 Å². The SMILES string of the molecule is CCOC(=O)[C@H]1C[C@@H]1CN1[C@@H](CC(C)(C)C)[C@](C#N)(c2ccc(Cl)cc2F)[C@@H](c2cccc(Cl)c2F)[C@@H]1C(=O)Nc1ccc(C(=O)O)cc1OC. The Morgan fingerprint density at radius 2 is 1.84 bits per heavy atom. The van der Waals surface area contributed by atoms with E-state index in [9.17, 15) is 24.8 Å². The minimum absolute atomic E-state index is 0.0457. The van der Waals surface area contributed by atoms with E-state index >= 15 is 8.78 Å². The van der Waals surface area contributed by atoms with Crippen LogP contribution in [-0.4, -0.2) is 60.2 Å². The van der Waals surface area contributed by atoms with Gasteiger partial charge in [-0.05, 0) is 73.1 Å². The third-order valence-electron chi connectivity index (χ3n) is 9.71. The van der Waals surface area contributed by atoms with Gasteiger partial charge in [0.05, 0.1) is 48.0 Å². The van der Waals surface area contributed by atoms with Crippen molar-refractivity contribution in [1.82, 2.24) is 4.90 Å². The first-order valence-electron chi connectivity index (χ1n) is 16.5. The van der Waals surface area contributed by atoms with Crippen molar-refractivity contribution >= 4 is 46.7 Å². The van der Waals surface area contributed by atoms with Crippen LogP contribution in [0.5, 0.6) is 5.75 Å². The van der Waals surface area contributed by atoms with Crippen molar-refractivity contribution in [2.45, 2.75) is 64.0 Å². The number of nitrogens with one attached hydrogen (secondary N) is 1. The monoisotopic (exact) mass is 741 g/mol. The first kappa shape index (κ1) is 38.0. The number of amides is 1. The number of carbonyl (C=O) groups is 3. The number of benzene rings is 3. The van der Waals surface area contributed by atoms with Crippen LogP contribution >= 0.6 is 23.2 Å². The number of hydrogen-bond donors (Lipinski definition) is 2. The highest BCUT2D eigenvalue weighted by Crippen LogP contribution is 2.58. The number of nitrogens with zero attached hydrogens (tertiary/aromatic N) is 2. The van der Waals surface area contributed by atoms with Crippen LogP contribution in [0.25, 0.3) is 0 Å². The summed E-state index contributed by atoms with van der Waals surface area (Å²) in [7, 11) is 1.31. The molecule has 1 aliphatic carbocycles. The van der Waals surface area contributed by atoms with Gasteiger partial charge in [0.1, 0.15) is 22.8 Å². The third-order valence-corrected chi connectivity index (χ3v) is 10.2. The molecule has 0 radical (unpaired) electrons. The van der Waals surface area contributed by atoms with Crippen LogP contribution in [0.3, 0.4) is 0 Å². The van der Waals surface area contributed by atoms with Crippen LogP contribution in [0.4, 0.5) is 14.5 Å². The zero-order valence-electron chi connectivity index (χ0n) is 28.8. The maximum absolute atomic E-state index is 16.4. The first-order valence-corrected chi connectivity index (χ1v) is 17.3. The number of carboxylic acid groups (broad SMARTS) is 1. The molecule has 1 saturated carbocycles. The summed E-state index contributed by atoms with van der Waals surface area (Å²) in [5.74, 6) is -6.01. The molecular formula is C38H39Cl2F2N3O6. The molecule has 0 spiro atoms. The molecule has 270 valence electrons. The Labute approximate surface area is 305 Å². The number of nitriles is 1. The normalized spacial score (nSPS) is 24.4. The van der Waals surface area contributed by atoms with Crippen LogP contribution in [0.15, 0.2) is 54.6 Å².